The number of para-hydroxylation sites is 1. The lowest BCUT2D eigenvalue weighted by atomic mass is 9.88. The molecular weight excluding hydrogens is 380 g/mol. The van der Waals surface area contributed by atoms with Crippen LogP contribution in [0.25, 0.3) is 0 Å². The van der Waals surface area contributed by atoms with Crippen LogP contribution >= 0.6 is 0 Å². The Labute approximate surface area is 174 Å². The predicted molar refractivity (Wildman–Crippen MR) is 114 cm³/mol. The van der Waals surface area contributed by atoms with Crippen molar-refractivity contribution in [3.05, 3.63) is 72.4 Å². The largest absolute Gasteiger partial charge is 0.494 e. The molecule has 2 heterocycles. The van der Waals surface area contributed by atoms with Crippen molar-refractivity contribution in [2.24, 2.45) is 5.92 Å². The van der Waals surface area contributed by atoms with E-state index in [1.807, 2.05) is 54.6 Å². The minimum atomic E-state index is -0.604. The summed E-state index contributed by atoms with van der Waals surface area (Å²) in [6.07, 6.45) is 2.08. The van der Waals surface area contributed by atoms with Gasteiger partial charge in [-0.05, 0) is 46.7 Å². The molecule has 0 saturated heterocycles. The molecule has 30 heavy (non-hydrogen) atoms. The van der Waals surface area contributed by atoms with Crippen LogP contribution in [0.15, 0.2) is 66.9 Å². The summed E-state index contributed by atoms with van der Waals surface area (Å²) in [6, 6.07) is 16.6. The Balaban J connectivity index is 1.63. The second-order valence-electron chi connectivity index (χ2n) is 7.15. The van der Waals surface area contributed by atoms with Crippen LogP contribution in [0.1, 0.15) is 31.4 Å². The molecule has 0 radical (unpaired) electrons. The lowest BCUT2D eigenvalue weighted by Crippen LogP contribution is -2.39. The average Bonchev–Trinajstić information content (AvgIpc) is 3.22. The van der Waals surface area contributed by atoms with Gasteiger partial charge in [-0.15, -0.1) is 0 Å². The van der Waals surface area contributed by atoms with E-state index in [0.717, 1.165) is 29.8 Å². The predicted octanol–water partition coefficient (Wildman–Crippen LogP) is 3.64. The van der Waals surface area contributed by atoms with Gasteiger partial charge in [0, 0.05) is 11.4 Å². The number of amides is 1. The number of nitrogens with one attached hydrogen (secondary N) is 2. The summed E-state index contributed by atoms with van der Waals surface area (Å²) in [6.45, 7) is 6.88. The topological polar surface area (TPSA) is 94.0 Å². The number of carbonyl (C=O) groups excluding carboxylic acids is 1. The summed E-state index contributed by atoms with van der Waals surface area (Å²) in [4.78, 5) is 13.2. The van der Waals surface area contributed by atoms with Crippen LogP contribution in [-0.2, 0) is 4.79 Å². The first-order valence-corrected chi connectivity index (χ1v) is 9.99. The van der Waals surface area contributed by atoms with Crippen molar-refractivity contribution in [3.8, 4) is 5.75 Å². The summed E-state index contributed by atoms with van der Waals surface area (Å²) < 4.78 is 7.38. The van der Waals surface area contributed by atoms with Crippen molar-refractivity contribution in [2.45, 2.75) is 25.8 Å². The van der Waals surface area contributed by atoms with Crippen LogP contribution in [0.3, 0.4) is 0 Å². The van der Waals surface area contributed by atoms with E-state index in [-0.39, 0.29) is 5.91 Å². The third-order valence-electron chi connectivity index (χ3n) is 5.03. The molecule has 2 atom stereocenters. The number of unbranched alkanes of at least 4 members (excludes halogenated alkanes) is 1. The van der Waals surface area contributed by atoms with E-state index in [1.54, 1.807) is 4.68 Å². The fraction of sp³-hybridized carbons (Fsp3) is 0.273. The van der Waals surface area contributed by atoms with Crippen LogP contribution < -0.4 is 15.4 Å². The van der Waals surface area contributed by atoms with Gasteiger partial charge in [-0.25, -0.2) is 4.68 Å². The van der Waals surface area contributed by atoms with Crippen LogP contribution in [-0.4, -0.2) is 32.7 Å². The lowest BCUT2D eigenvalue weighted by Gasteiger charge is -2.33. The molecule has 4 rings (SSSR count). The summed E-state index contributed by atoms with van der Waals surface area (Å²) >= 11 is 0. The molecule has 8 heteroatoms. The molecule has 0 aliphatic carbocycles. The Bertz CT molecular complexity index is 1020. The molecule has 0 fully saturated rings. The van der Waals surface area contributed by atoms with E-state index in [9.17, 15) is 4.79 Å². The van der Waals surface area contributed by atoms with Gasteiger partial charge >= 0.3 is 0 Å². The average molecular weight is 404 g/mol. The SMILES string of the molecule is C=C1Nc2nnnn2[C@@H](c2ccc(OCCCC)cc2)[C@@H]1C(=O)Nc1ccccc1. The number of fused-ring (bicyclic) bond motifs is 1. The van der Waals surface area contributed by atoms with E-state index < -0.39 is 12.0 Å². The highest BCUT2D eigenvalue weighted by molar-refractivity contribution is 5.95. The van der Waals surface area contributed by atoms with Gasteiger partial charge in [0.25, 0.3) is 0 Å². The number of benzene rings is 2. The number of ether oxygens (including phenoxy) is 1. The molecule has 2 aromatic carbocycles. The van der Waals surface area contributed by atoms with E-state index in [2.05, 4.69) is 39.7 Å². The van der Waals surface area contributed by atoms with Crippen LogP contribution in [0.5, 0.6) is 5.75 Å². The second-order valence-corrected chi connectivity index (χ2v) is 7.15. The lowest BCUT2D eigenvalue weighted by molar-refractivity contribution is -0.119. The molecule has 3 aromatic rings. The van der Waals surface area contributed by atoms with Crippen molar-refractivity contribution < 1.29 is 9.53 Å². The van der Waals surface area contributed by atoms with Gasteiger partial charge in [-0.1, -0.05) is 55.4 Å². The van der Waals surface area contributed by atoms with Crippen molar-refractivity contribution in [1.82, 2.24) is 20.2 Å². The van der Waals surface area contributed by atoms with Gasteiger partial charge in [0.15, 0.2) is 0 Å². The van der Waals surface area contributed by atoms with Crippen molar-refractivity contribution in [2.75, 3.05) is 17.2 Å². The maximum absolute atomic E-state index is 13.2. The molecule has 1 aliphatic rings. The van der Waals surface area contributed by atoms with Crippen LogP contribution in [0, 0.1) is 5.92 Å². The highest BCUT2D eigenvalue weighted by Gasteiger charge is 2.40. The van der Waals surface area contributed by atoms with E-state index >= 15 is 0 Å². The Kier molecular flexibility index (Phi) is 5.74. The van der Waals surface area contributed by atoms with Gasteiger partial charge in [0.05, 0.1) is 12.6 Å². The Morgan fingerprint density at radius 1 is 1.20 bits per heavy atom. The number of rotatable bonds is 7. The van der Waals surface area contributed by atoms with E-state index in [4.69, 9.17) is 4.74 Å². The normalized spacial score (nSPS) is 17.7. The molecule has 1 amide bonds. The molecule has 0 spiro atoms. The fourth-order valence-electron chi connectivity index (χ4n) is 3.49. The Morgan fingerprint density at radius 2 is 1.97 bits per heavy atom. The standard InChI is InChI=1S/C22H24N6O2/c1-3-4-14-30-18-12-10-16(11-13-18)20-19(15(2)23-22-25-26-27-28(20)22)21(29)24-17-8-6-5-7-9-17/h5-13,19-20H,2-4,14H2,1H3,(H,24,29)(H,23,25,27)/t19-,20+/m1/s1. The molecule has 8 nitrogen and oxygen atoms in total. The van der Waals surface area contributed by atoms with Gasteiger partial charge in [-0.3, -0.25) is 4.79 Å². The third-order valence-corrected chi connectivity index (χ3v) is 5.03. The van der Waals surface area contributed by atoms with Gasteiger partial charge < -0.3 is 15.4 Å². The van der Waals surface area contributed by atoms with Crippen LogP contribution in [0.2, 0.25) is 0 Å². The molecule has 2 N–H and O–H groups in total. The molecule has 154 valence electrons. The second kappa shape index (κ2) is 8.77. The number of aromatic nitrogens is 4. The summed E-state index contributed by atoms with van der Waals surface area (Å²) in [7, 11) is 0. The first-order chi connectivity index (χ1) is 14.7. The minimum absolute atomic E-state index is 0.187. The number of tetrazole rings is 1. The van der Waals surface area contributed by atoms with Crippen molar-refractivity contribution in [1.29, 1.82) is 0 Å². The maximum Gasteiger partial charge on any atom is 0.247 e. The molecule has 1 aliphatic heterocycles. The van der Waals surface area contributed by atoms with Gasteiger partial charge in [0.2, 0.25) is 11.9 Å². The molecule has 0 unspecified atom stereocenters. The van der Waals surface area contributed by atoms with Crippen LogP contribution in [0.4, 0.5) is 11.6 Å². The first-order valence-electron chi connectivity index (χ1n) is 9.99. The zero-order chi connectivity index (χ0) is 20.9. The van der Waals surface area contributed by atoms with Crippen molar-refractivity contribution in [3.63, 3.8) is 0 Å². The van der Waals surface area contributed by atoms with E-state index in [1.165, 1.54) is 0 Å². The fourth-order valence-corrected chi connectivity index (χ4v) is 3.49. The van der Waals surface area contributed by atoms with E-state index in [0.29, 0.717) is 18.3 Å². The zero-order valence-electron chi connectivity index (χ0n) is 16.8. The summed E-state index contributed by atoms with van der Waals surface area (Å²) in [5.41, 5.74) is 2.15. The Hall–Kier alpha value is -3.68. The molecular formula is C22H24N6O2. The minimum Gasteiger partial charge on any atom is -0.494 e. The molecule has 0 bridgehead atoms. The third kappa shape index (κ3) is 4.03. The number of carbonyl (C=O) groups is 1. The van der Waals surface area contributed by atoms with Crippen molar-refractivity contribution >= 4 is 17.5 Å². The highest BCUT2D eigenvalue weighted by atomic mass is 16.5. The maximum atomic E-state index is 13.2. The van der Waals surface area contributed by atoms with Gasteiger partial charge in [-0.2, -0.15) is 0 Å². The molecule has 0 saturated carbocycles. The first kappa shape index (κ1) is 19.6. The number of nitrogens with zero attached hydrogens (tertiary/aromatic N) is 4. The zero-order valence-corrected chi connectivity index (χ0v) is 16.8. The summed E-state index contributed by atoms with van der Waals surface area (Å²) in [5, 5.41) is 17.9. The molecule has 1 aromatic heterocycles. The summed E-state index contributed by atoms with van der Waals surface area (Å²) in [5.74, 6) is 0.459. The Morgan fingerprint density at radius 3 is 2.70 bits per heavy atom. The number of hydrogen-bond donors (Lipinski definition) is 2. The monoisotopic (exact) mass is 404 g/mol. The highest BCUT2D eigenvalue weighted by Crippen LogP contribution is 2.37. The number of hydrogen-bond acceptors (Lipinski definition) is 6. The van der Waals surface area contributed by atoms with Gasteiger partial charge in [0.1, 0.15) is 11.7 Å². The quantitative estimate of drug-likeness (QED) is 0.584. The smallest absolute Gasteiger partial charge is 0.247 e. The number of anilines is 2.